The highest BCUT2D eigenvalue weighted by molar-refractivity contribution is 5.55. The number of benzene rings is 3. The molecule has 0 heterocycles. The molecule has 1 N–H and O–H groups in total. The van der Waals surface area contributed by atoms with Gasteiger partial charge in [0.15, 0.2) is 0 Å². The minimum absolute atomic E-state index is 0.695. The summed E-state index contributed by atoms with van der Waals surface area (Å²) >= 11 is 0. The maximum absolute atomic E-state index is 5.86. The molecule has 3 nitrogen and oxygen atoms in total. The van der Waals surface area contributed by atoms with Crippen LogP contribution in [0.3, 0.4) is 0 Å². The Labute approximate surface area is 169 Å². The Morgan fingerprint density at radius 3 is 2.07 bits per heavy atom. The molecule has 0 aliphatic carbocycles. The Balaban J connectivity index is 1.45. The van der Waals surface area contributed by atoms with E-state index in [0.29, 0.717) is 6.61 Å². The highest BCUT2D eigenvalue weighted by Crippen LogP contribution is 2.19. The molecule has 0 atom stereocenters. The van der Waals surface area contributed by atoms with Gasteiger partial charge in [-0.15, -0.1) is 0 Å². The lowest BCUT2D eigenvalue weighted by Crippen LogP contribution is -2.21. The Hall–Kier alpha value is -2.94. The topological polar surface area (TPSA) is 24.5 Å². The number of rotatable bonds is 10. The van der Waals surface area contributed by atoms with Gasteiger partial charge in [0.05, 0.1) is 6.61 Å². The maximum atomic E-state index is 5.86. The van der Waals surface area contributed by atoms with Crippen LogP contribution in [-0.2, 0) is 13.0 Å². The molecule has 0 spiro atoms. The van der Waals surface area contributed by atoms with E-state index in [1.807, 2.05) is 18.2 Å². The summed E-state index contributed by atoms with van der Waals surface area (Å²) in [6.45, 7) is 7.93. The molecule has 0 unspecified atom stereocenters. The second kappa shape index (κ2) is 10.4. The number of nitrogens with zero attached hydrogens (tertiary/aromatic N) is 1. The van der Waals surface area contributed by atoms with Gasteiger partial charge in [0, 0.05) is 37.4 Å². The number of ether oxygens (including phenoxy) is 1. The average Bonchev–Trinajstić information content (AvgIpc) is 2.76. The molecular formula is C25H30N2O. The molecule has 0 saturated heterocycles. The predicted molar refractivity (Wildman–Crippen MR) is 119 cm³/mol. The van der Waals surface area contributed by atoms with Crippen molar-refractivity contribution in [3.63, 3.8) is 0 Å². The van der Waals surface area contributed by atoms with E-state index in [0.717, 1.165) is 37.5 Å². The van der Waals surface area contributed by atoms with Crippen molar-refractivity contribution in [3.05, 3.63) is 90.0 Å². The van der Waals surface area contributed by atoms with Crippen molar-refractivity contribution < 1.29 is 4.74 Å². The summed E-state index contributed by atoms with van der Waals surface area (Å²) in [4.78, 5) is 2.35. The van der Waals surface area contributed by atoms with Crippen molar-refractivity contribution in [2.45, 2.75) is 26.8 Å². The standard InChI is InChI=1S/C25H30N2O/c1-3-27(4-2)24-14-12-23(13-15-24)26-20-22-10-16-25(17-11-22)28-19-18-21-8-6-5-7-9-21/h5-17,26H,3-4,18-20H2,1-2H3. The summed E-state index contributed by atoms with van der Waals surface area (Å²) in [5, 5.41) is 3.49. The third-order valence-corrected chi connectivity index (χ3v) is 4.92. The molecule has 3 aromatic rings. The Morgan fingerprint density at radius 1 is 0.750 bits per heavy atom. The number of anilines is 2. The quantitative estimate of drug-likeness (QED) is 0.488. The largest absolute Gasteiger partial charge is 0.493 e. The zero-order valence-electron chi connectivity index (χ0n) is 16.9. The molecule has 146 valence electrons. The fourth-order valence-electron chi connectivity index (χ4n) is 3.22. The number of nitrogens with one attached hydrogen (secondary N) is 1. The van der Waals surface area contributed by atoms with E-state index in [4.69, 9.17) is 4.74 Å². The van der Waals surface area contributed by atoms with Gasteiger partial charge in [-0.3, -0.25) is 0 Å². The third kappa shape index (κ3) is 5.78. The minimum atomic E-state index is 0.695. The SMILES string of the molecule is CCN(CC)c1ccc(NCc2ccc(OCCc3ccccc3)cc2)cc1. The number of hydrogen-bond acceptors (Lipinski definition) is 3. The zero-order chi connectivity index (χ0) is 19.6. The molecule has 3 rings (SSSR count). The van der Waals surface area contributed by atoms with Gasteiger partial charge in [0.2, 0.25) is 0 Å². The molecule has 0 amide bonds. The van der Waals surface area contributed by atoms with E-state index in [9.17, 15) is 0 Å². The van der Waals surface area contributed by atoms with Crippen LogP contribution in [0.15, 0.2) is 78.9 Å². The molecule has 0 aromatic heterocycles. The second-order valence-electron chi connectivity index (χ2n) is 6.80. The molecular weight excluding hydrogens is 344 g/mol. The van der Waals surface area contributed by atoms with E-state index in [2.05, 4.69) is 84.7 Å². The molecule has 3 aromatic carbocycles. The van der Waals surface area contributed by atoms with Gasteiger partial charge in [-0.1, -0.05) is 42.5 Å². The van der Waals surface area contributed by atoms with Crippen LogP contribution in [0, 0.1) is 0 Å². The van der Waals surface area contributed by atoms with Crippen LogP contribution in [0.1, 0.15) is 25.0 Å². The van der Waals surface area contributed by atoms with Crippen molar-refractivity contribution in [1.29, 1.82) is 0 Å². The van der Waals surface area contributed by atoms with Crippen LogP contribution in [0.5, 0.6) is 5.75 Å². The molecule has 0 saturated carbocycles. The molecule has 3 heteroatoms. The zero-order valence-corrected chi connectivity index (χ0v) is 16.9. The van der Waals surface area contributed by atoms with E-state index in [1.165, 1.54) is 16.8 Å². The first-order valence-electron chi connectivity index (χ1n) is 10.1. The van der Waals surface area contributed by atoms with Crippen molar-refractivity contribution in [3.8, 4) is 5.75 Å². The van der Waals surface area contributed by atoms with Gasteiger partial charge in [0.25, 0.3) is 0 Å². The molecule has 0 radical (unpaired) electrons. The number of hydrogen-bond donors (Lipinski definition) is 1. The summed E-state index contributed by atoms with van der Waals surface area (Å²) in [5.41, 5.74) is 4.95. The van der Waals surface area contributed by atoms with E-state index >= 15 is 0 Å². The summed E-state index contributed by atoms with van der Waals surface area (Å²) in [5.74, 6) is 0.920. The van der Waals surface area contributed by atoms with Gasteiger partial charge in [0.1, 0.15) is 5.75 Å². The lowest BCUT2D eigenvalue weighted by atomic mass is 10.2. The Bertz CT molecular complexity index is 809. The van der Waals surface area contributed by atoms with Crippen molar-refractivity contribution in [2.75, 3.05) is 29.9 Å². The molecule has 28 heavy (non-hydrogen) atoms. The average molecular weight is 375 g/mol. The molecule has 0 fully saturated rings. The summed E-state index contributed by atoms with van der Waals surface area (Å²) in [6.07, 6.45) is 0.924. The van der Waals surface area contributed by atoms with Gasteiger partial charge < -0.3 is 15.0 Å². The maximum Gasteiger partial charge on any atom is 0.119 e. The third-order valence-electron chi connectivity index (χ3n) is 4.92. The molecule has 0 bridgehead atoms. The predicted octanol–water partition coefficient (Wildman–Crippen LogP) is 5.77. The first-order valence-corrected chi connectivity index (χ1v) is 10.1. The normalized spacial score (nSPS) is 10.5. The highest BCUT2D eigenvalue weighted by atomic mass is 16.5. The Morgan fingerprint density at radius 2 is 1.43 bits per heavy atom. The summed E-state index contributed by atoms with van der Waals surface area (Å²) in [7, 11) is 0. The minimum Gasteiger partial charge on any atom is -0.493 e. The van der Waals surface area contributed by atoms with Crippen molar-refractivity contribution in [1.82, 2.24) is 0 Å². The first-order chi connectivity index (χ1) is 13.8. The lowest BCUT2D eigenvalue weighted by Gasteiger charge is -2.21. The van der Waals surface area contributed by atoms with Gasteiger partial charge in [-0.05, 0) is 61.4 Å². The Kier molecular flexibility index (Phi) is 7.36. The molecule has 0 aliphatic rings. The van der Waals surface area contributed by atoms with Crippen LogP contribution in [0.2, 0.25) is 0 Å². The van der Waals surface area contributed by atoms with Crippen LogP contribution in [0.25, 0.3) is 0 Å². The van der Waals surface area contributed by atoms with Crippen molar-refractivity contribution >= 4 is 11.4 Å². The smallest absolute Gasteiger partial charge is 0.119 e. The highest BCUT2D eigenvalue weighted by Gasteiger charge is 2.02. The van der Waals surface area contributed by atoms with Gasteiger partial charge in [-0.25, -0.2) is 0 Å². The van der Waals surface area contributed by atoms with Crippen LogP contribution >= 0.6 is 0 Å². The molecule has 0 aliphatic heterocycles. The van der Waals surface area contributed by atoms with E-state index in [-0.39, 0.29) is 0 Å². The lowest BCUT2D eigenvalue weighted by molar-refractivity contribution is 0.322. The summed E-state index contributed by atoms with van der Waals surface area (Å²) in [6, 6.07) is 27.4. The van der Waals surface area contributed by atoms with Crippen LogP contribution < -0.4 is 15.0 Å². The van der Waals surface area contributed by atoms with Gasteiger partial charge in [-0.2, -0.15) is 0 Å². The fourth-order valence-corrected chi connectivity index (χ4v) is 3.22. The summed E-state index contributed by atoms with van der Waals surface area (Å²) < 4.78 is 5.86. The van der Waals surface area contributed by atoms with Gasteiger partial charge >= 0.3 is 0 Å². The van der Waals surface area contributed by atoms with Crippen LogP contribution in [0.4, 0.5) is 11.4 Å². The van der Waals surface area contributed by atoms with Crippen LogP contribution in [-0.4, -0.2) is 19.7 Å². The monoisotopic (exact) mass is 374 g/mol. The fraction of sp³-hybridized carbons (Fsp3) is 0.280. The van der Waals surface area contributed by atoms with E-state index < -0.39 is 0 Å². The first kappa shape index (κ1) is 19.8. The van der Waals surface area contributed by atoms with Crippen molar-refractivity contribution in [2.24, 2.45) is 0 Å². The van der Waals surface area contributed by atoms with E-state index in [1.54, 1.807) is 0 Å². The second-order valence-corrected chi connectivity index (χ2v) is 6.80.